The van der Waals surface area contributed by atoms with E-state index in [4.69, 9.17) is 4.74 Å². The number of pyridine rings is 1. The third-order valence-corrected chi connectivity index (χ3v) is 5.49. The summed E-state index contributed by atoms with van der Waals surface area (Å²) in [6, 6.07) is 19.1. The Morgan fingerprint density at radius 2 is 1.58 bits per heavy atom. The molecule has 1 N–H and O–H groups in total. The van der Waals surface area contributed by atoms with Gasteiger partial charge in [0.25, 0.3) is 0 Å². The number of aliphatic hydroxyl groups is 1. The molecule has 3 atom stereocenters. The lowest BCUT2D eigenvalue weighted by Crippen LogP contribution is -2.38. The van der Waals surface area contributed by atoms with Gasteiger partial charge in [-0.15, -0.1) is 0 Å². The fourth-order valence-corrected chi connectivity index (χ4v) is 3.10. The molecular formula is C26H29F2NO2. The van der Waals surface area contributed by atoms with Gasteiger partial charge in [-0.3, -0.25) is 4.98 Å². The summed E-state index contributed by atoms with van der Waals surface area (Å²) in [6.07, 6.45) is 0.902. The molecule has 3 aromatic rings. The maximum Gasteiger partial charge on any atom is 0.231 e. The van der Waals surface area contributed by atoms with Gasteiger partial charge in [-0.25, -0.2) is 8.78 Å². The van der Waals surface area contributed by atoms with Gasteiger partial charge in [0.15, 0.2) is 5.67 Å². The van der Waals surface area contributed by atoms with E-state index in [0.29, 0.717) is 12.2 Å². The largest absolute Gasteiger partial charge is 0.462 e. The Morgan fingerprint density at radius 1 is 0.968 bits per heavy atom. The van der Waals surface area contributed by atoms with Gasteiger partial charge in [0.05, 0.1) is 11.9 Å². The van der Waals surface area contributed by atoms with Crippen LogP contribution in [-0.4, -0.2) is 28.2 Å². The van der Waals surface area contributed by atoms with Crippen LogP contribution in [0.5, 0.6) is 5.75 Å². The van der Waals surface area contributed by atoms with E-state index in [1.165, 1.54) is 6.92 Å². The number of hydrogen-bond acceptors (Lipinski definition) is 3. The van der Waals surface area contributed by atoms with Gasteiger partial charge in [-0.1, -0.05) is 49.4 Å². The van der Waals surface area contributed by atoms with Crippen molar-refractivity contribution >= 4 is 0 Å². The molecule has 2 aromatic carbocycles. The first-order chi connectivity index (χ1) is 14.8. The summed E-state index contributed by atoms with van der Waals surface area (Å²) in [5.74, 6) is 0.403. The summed E-state index contributed by atoms with van der Waals surface area (Å²) in [5, 5.41) is 9.90. The lowest BCUT2D eigenvalue weighted by Gasteiger charge is -2.25. The van der Waals surface area contributed by atoms with Gasteiger partial charge < -0.3 is 9.84 Å². The Morgan fingerprint density at radius 3 is 2.13 bits per heavy atom. The maximum atomic E-state index is 14.1. The van der Waals surface area contributed by atoms with Crippen LogP contribution in [0.4, 0.5) is 8.78 Å². The SMILES string of the molecule is CC[C@](C)(F)C(O)Oc1ccc(-c2ccc(-c3ccc(CC[C@H](C)F)cc3)nc2)cc1. The summed E-state index contributed by atoms with van der Waals surface area (Å²) in [6.45, 7) is 4.56. The molecule has 3 rings (SSSR count). The first kappa shape index (κ1) is 22.9. The normalized spacial score (nSPS) is 15.2. The standard InChI is InChI=1S/C26H29F2NO2/c1-4-26(3,28)25(30)31-23-14-11-20(12-15-23)22-13-16-24(29-17-22)21-9-7-19(8-10-21)6-5-18(2)27/h7-18,25,30H,4-6H2,1-3H3/t18-,25?,26-/m0/s1. The Balaban J connectivity index is 1.66. The number of aliphatic hydroxyl groups excluding tert-OH is 1. The molecule has 0 saturated carbocycles. The molecule has 3 nitrogen and oxygen atoms in total. The minimum Gasteiger partial charge on any atom is -0.462 e. The first-order valence-corrected chi connectivity index (χ1v) is 10.6. The molecular weight excluding hydrogens is 396 g/mol. The molecule has 0 bridgehead atoms. The van der Waals surface area contributed by atoms with E-state index in [-0.39, 0.29) is 6.42 Å². The molecule has 5 heteroatoms. The third-order valence-electron chi connectivity index (χ3n) is 5.49. The maximum absolute atomic E-state index is 14.1. The summed E-state index contributed by atoms with van der Waals surface area (Å²) in [5.41, 5.74) is 3.06. The zero-order valence-electron chi connectivity index (χ0n) is 18.2. The van der Waals surface area contributed by atoms with Crippen molar-refractivity contribution < 1.29 is 18.6 Å². The molecule has 1 heterocycles. The average molecular weight is 426 g/mol. The highest BCUT2D eigenvalue weighted by Gasteiger charge is 2.32. The third kappa shape index (κ3) is 6.11. The smallest absolute Gasteiger partial charge is 0.231 e. The van der Waals surface area contributed by atoms with Crippen molar-refractivity contribution in [1.29, 1.82) is 0 Å². The number of benzene rings is 2. The van der Waals surface area contributed by atoms with Crippen molar-refractivity contribution in [3.63, 3.8) is 0 Å². The second-order valence-electron chi connectivity index (χ2n) is 8.07. The average Bonchev–Trinajstić information content (AvgIpc) is 2.78. The molecule has 0 aliphatic carbocycles. The summed E-state index contributed by atoms with van der Waals surface area (Å²) in [7, 11) is 0. The summed E-state index contributed by atoms with van der Waals surface area (Å²) < 4.78 is 32.4. The van der Waals surface area contributed by atoms with Gasteiger partial charge in [-0.05, 0) is 62.4 Å². The number of nitrogens with zero attached hydrogens (tertiary/aromatic N) is 1. The number of rotatable bonds is 9. The van der Waals surface area contributed by atoms with Crippen molar-refractivity contribution in [2.45, 2.75) is 58.2 Å². The molecule has 0 amide bonds. The van der Waals surface area contributed by atoms with Gasteiger partial charge in [0, 0.05) is 17.3 Å². The summed E-state index contributed by atoms with van der Waals surface area (Å²) in [4.78, 5) is 4.56. The predicted molar refractivity (Wildman–Crippen MR) is 120 cm³/mol. The number of aryl methyl sites for hydroxylation is 1. The van der Waals surface area contributed by atoms with Crippen LogP contribution in [0, 0.1) is 0 Å². The number of aromatic nitrogens is 1. The predicted octanol–water partition coefficient (Wildman–Crippen LogP) is 6.54. The zero-order valence-corrected chi connectivity index (χ0v) is 18.2. The van der Waals surface area contributed by atoms with Gasteiger partial charge in [-0.2, -0.15) is 0 Å². The number of alkyl halides is 2. The molecule has 164 valence electrons. The molecule has 1 aromatic heterocycles. The Kier molecular flexibility index (Phi) is 7.39. The van der Waals surface area contributed by atoms with Crippen LogP contribution < -0.4 is 4.74 Å². The van der Waals surface area contributed by atoms with Gasteiger partial charge >= 0.3 is 0 Å². The van der Waals surface area contributed by atoms with Crippen LogP contribution in [0.2, 0.25) is 0 Å². The molecule has 0 aliphatic heterocycles. The lowest BCUT2D eigenvalue weighted by atomic mass is 10.0. The van der Waals surface area contributed by atoms with Crippen molar-refractivity contribution in [1.82, 2.24) is 4.98 Å². The second-order valence-corrected chi connectivity index (χ2v) is 8.07. The Labute approximate surface area is 182 Å². The molecule has 0 radical (unpaired) electrons. The molecule has 0 saturated heterocycles. The molecule has 0 aliphatic rings. The van der Waals surface area contributed by atoms with Gasteiger partial charge in [0.1, 0.15) is 5.75 Å². The lowest BCUT2D eigenvalue weighted by molar-refractivity contribution is -0.122. The Hall–Kier alpha value is -2.79. The van der Waals surface area contributed by atoms with Crippen molar-refractivity contribution in [3.05, 3.63) is 72.4 Å². The number of ether oxygens (including phenoxy) is 1. The second kappa shape index (κ2) is 10.0. The quantitative estimate of drug-likeness (QED) is 0.396. The van der Waals surface area contributed by atoms with Crippen LogP contribution in [0.25, 0.3) is 22.4 Å². The minimum atomic E-state index is -1.80. The van der Waals surface area contributed by atoms with Crippen LogP contribution in [0.3, 0.4) is 0 Å². The Bertz CT molecular complexity index is 952. The van der Waals surface area contributed by atoms with Crippen LogP contribution in [0.1, 0.15) is 39.2 Å². The van der Waals surface area contributed by atoms with Crippen LogP contribution in [0.15, 0.2) is 66.9 Å². The van der Waals surface area contributed by atoms with Crippen LogP contribution in [-0.2, 0) is 6.42 Å². The highest BCUT2D eigenvalue weighted by molar-refractivity contribution is 5.67. The zero-order chi connectivity index (χ0) is 22.4. The van der Waals surface area contributed by atoms with E-state index in [9.17, 15) is 13.9 Å². The monoisotopic (exact) mass is 425 g/mol. The van der Waals surface area contributed by atoms with Crippen molar-refractivity contribution in [2.24, 2.45) is 0 Å². The van der Waals surface area contributed by atoms with Crippen molar-refractivity contribution in [3.8, 4) is 28.1 Å². The molecule has 0 spiro atoms. The fourth-order valence-electron chi connectivity index (χ4n) is 3.10. The van der Waals surface area contributed by atoms with E-state index in [1.54, 1.807) is 32.2 Å². The minimum absolute atomic E-state index is 0.157. The van der Waals surface area contributed by atoms with E-state index < -0.39 is 18.1 Å². The van der Waals surface area contributed by atoms with Crippen molar-refractivity contribution in [2.75, 3.05) is 0 Å². The van der Waals surface area contributed by atoms with E-state index >= 15 is 0 Å². The van der Waals surface area contributed by atoms with E-state index in [1.807, 2.05) is 48.5 Å². The highest BCUT2D eigenvalue weighted by Crippen LogP contribution is 2.27. The fraction of sp³-hybridized carbons (Fsp3) is 0.346. The van der Waals surface area contributed by atoms with E-state index in [2.05, 4.69) is 4.98 Å². The molecule has 1 unspecified atom stereocenters. The number of halogens is 2. The summed E-state index contributed by atoms with van der Waals surface area (Å²) >= 11 is 0. The topological polar surface area (TPSA) is 42.4 Å². The highest BCUT2D eigenvalue weighted by atomic mass is 19.1. The van der Waals surface area contributed by atoms with Gasteiger partial charge in [0.2, 0.25) is 6.29 Å². The molecule has 0 fully saturated rings. The number of hydrogen-bond donors (Lipinski definition) is 1. The first-order valence-electron chi connectivity index (χ1n) is 10.6. The van der Waals surface area contributed by atoms with E-state index in [0.717, 1.165) is 34.4 Å². The molecule has 31 heavy (non-hydrogen) atoms. The van der Waals surface area contributed by atoms with Crippen LogP contribution >= 0.6 is 0 Å².